The Bertz CT molecular complexity index is 965. The lowest BCUT2D eigenvalue weighted by atomic mass is 9.98. The molecule has 10 nitrogen and oxygen atoms in total. The highest BCUT2D eigenvalue weighted by atomic mass is 16.8. The van der Waals surface area contributed by atoms with E-state index >= 15 is 0 Å². The maximum atomic E-state index is 12.1. The van der Waals surface area contributed by atoms with Crippen molar-refractivity contribution in [1.29, 1.82) is 0 Å². The number of esters is 1. The van der Waals surface area contributed by atoms with Gasteiger partial charge in [-0.15, -0.1) is 4.91 Å². The number of carbonyl (C=O) groups is 2. The van der Waals surface area contributed by atoms with Gasteiger partial charge < -0.3 is 14.6 Å². The lowest BCUT2D eigenvalue weighted by molar-refractivity contribution is -0.240. The molecule has 0 spiro atoms. The third-order valence-electron chi connectivity index (χ3n) is 5.00. The van der Waals surface area contributed by atoms with E-state index in [1.165, 1.54) is 29.3 Å². The SMILES string of the molecule is C[C@@H]1OC(=O)[C@@H]2[C@H]1C(O)ON2Cc1cccc(NC(=O)Oc2ccc(N=O)cc2)c1. The van der Waals surface area contributed by atoms with Gasteiger partial charge in [0.15, 0.2) is 6.29 Å². The molecule has 1 unspecified atom stereocenters. The van der Waals surface area contributed by atoms with Crippen LogP contribution in [0.15, 0.2) is 53.7 Å². The van der Waals surface area contributed by atoms with Crippen LogP contribution in [0.2, 0.25) is 0 Å². The third kappa shape index (κ3) is 4.01. The Kier molecular flexibility index (Phi) is 5.44. The van der Waals surface area contributed by atoms with Crippen LogP contribution >= 0.6 is 0 Å². The second kappa shape index (κ2) is 8.19. The Hall–Kier alpha value is -3.34. The van der Waals surface area contributed by atoms with Crippen LogP contribution in [0.25, 0.3) is 0 Å². The van der Waals surface area contributed by atoms with E-state index in [1.807, 2.05) is 0 Å². The number of hydroxylamine groups is 2. The molecule has 2 N–H and O–H groups in total. The fourth-order valence-corrected chi connectivity index (χ4v) is 3.61. The highest BCUT2D eigenvalue weighted by Crippen LogP contribution is 2.37. The number of nitrogens with one attached hydrogen (secondary N) is 1. The summed E-state index contributed by atoms with van der Waals surface area (Å²) in [6.45, 7) is 1.93. The summed E-state index contributed by atoms with van der Waals surface area (Å²) in [6, 6.07) is 12.0. The molecule has 0 radical (unpaired) electrons. The van der Waals surface area contributed by atoms with Crippen LogP contribution in [-0.2, 0) is 20.9 Å². The molecule has 2 aliphatic heterocycles. The summed E-state index contributed by atoms with van der Waals surface area (Å²) in [5, 5.41) is 16.9. The molecule has 0 aromatic heterocycles. The van der Waals surface area contributed by atoms with E-state index in [2.05, 4.69) is 10.5 Å². The van der Waals surface area contributed by atoms with E-state index in [-0.39, 0.29) is 18.0 Å². The van der Waals surface area contributed by atoms with E-state index in [4.69, 9.17) is 14.3 Å². The molecular formula is C20H19N3O7. The van der Waals surface area contributed by atoms with Crippen LogP contribution in [0.4, 0.5) is 16.2 Å². The van der Waals surface area contributed by atoms with E-state index in [9.17, 15) is 19.6 Å². The zero-order valence-electron chi connectivity index (χ0n) is 15.9. The summed E-state index contributed by atoms with van der Waals surface area (Å²) in [7, 11) is 0. The average Bonchev–Trinajstić information content (AvgIpc) is 3.20. The molecule has 2 saturated heterocycles. The molecule has 2 aromatic carbocycles. The number of anilines is 1. The number of nitroso groups, excluding NO2 is 1. The summed E-state index contributed by atoms with van der Waals surface area (Å²) >= 11 is 0. The minimum Gasteiger partial charge on any atom is -0.461 e. The number of cyclic esters (lactones) is 1. The van der Waals surface area contributed by atoms with Crippen molar-refractivity contribution < 1.29 is 29.0 Å². The van der Waals surface area contributed by atoms with Crippen molar-refractivity contribution in [3.63, 3.8) is 0 Å². The van der Waals surface area contributed by atoms with Crippen molar-refractivity contribution in [2.75, 3.05) is 5.32 Å². The van der Waals surface area contributed by atoms with E-state index in [1.54, 1.807) is 31.2 Å². The largest absolute Gasteiger partial charge is 0.461 e. The molecule has 2 aromatic rings. The molecule has 4 atom stereocenters. The molecule has 0 bridgehead atoms. The van der Waals surface area contributed by atoms with Crippen molar-refractivity contribution in [2.45, 2.75) is 31.9 Å². The maximum absolute atomic E-state index is 12.1. The first-order valence-corrected chi connectivity index (χ1v) is 9.28. The van der Waals surface area contributed by atoms with Gasteiger partial charge in [0, 0.05) is 5.69 Å². The molecule has 4 rings (SSSR count). The van der Waals surface area contributed by atoms with E-state index < -0.39 is 36.4 Å². The second-order valence-electron chi connectivity index (χ2n) is 7.04. The Morgan fingerprint density at radius 2 is 2.03 bits per heavy atom. The third-order valence-corrected chi connectivity index (χ3v) is 5.00. The summed E-state index contributed by atoms with van der Waals surface area (Å²) in [6.07, 6.45) is -2.25. The lowest BCUT2D eigenvalue weighted by Crippen LogP contribution is -2.35. The first-order valence-electron chi connectivity index (χ1n) is 9.28. The molecule has 10 heteroatoms. The normalized spacial score (nSPS) is 25.5. The number of benzene rings is 2. The molecule has 2 aliphatic rings. The summed E-state index contributed by atoms with van der Waals surface area (Å²) < 4.78 is 10.4. The number of fused-ring (bicyclic) bond motifs is 1. The van der Waals surface area contributed by atoms with Crippen molar-refractivity contribution in [3.8, 4) is 5.75 Å². The van der Waals surface area contributed by atoms with Crippen molar-refractivity contribution in [1.82, 2.24) is 5.06 Å². The summed E-state index contributed by atoms with van der Waals surface area (Å²) in [5.41, 5.74) is 1.45. The van der Waals surface area contributed by atoms with Crippen LogP contribution in [0.5, 0.6) is 5.75 Å². The number of aliphatic hydroxyl groups excluding tert-OH is 1. The molecule has 0 saturated carbocycles. The Morgan fingerprint density at radius 3 is 2.77 bits per heavy atom. The van der Waals surface area contributed by atoms with Crippen LogP contribution in [-0.4, -0.2) is 40.7 Å². The first-order chi connectivity index (χ1) is 14.4. The number of hydrogen-bond donors (Lipinski definition) is 2. The predicted molar refractivity (Wildman–Crippen MR) is 103 cm³/mol. The van der Waals surface area contributed by atoms with Crippen LogP contribution in [0, 0.1) is 10.8 Å². The fraction of sp³-hybridized carbons (Fsp3) is 0.300. The van der Waals surface area contributed by atoms with Gasteiger partial charge in [0.25, 0.3) is 0 Å². The number of amides is 1. The highest BCUT2D eigenvalue weighted by molar-refractivity contribution is 5.86. The minimum atomic E-state index is -1.12. The highest BCUT2D eigenvalue weighted by Gasteiger charge is 2.56. The lowest BCUT2D eigenvalue weighted by Gasteiger charge is -2.19. The molecule has 156 valence electrons. The molecule has 1 amide bonds. The number of hydrogen-bond acceptors (Lipinski definition) is 9. The number of aliphatic hydroxyl groups is 1. The smallest absolute Gasteiger partial charge is 0.417 e. The van der Waals surface area contributed by atoms with Gasteiger partial charge in [-0.3, -0.25) is 14.9 Å². The molecular weight excluding hydrogens is 394 g/mol. The van der Waals surface area contributed by atoms with Crippen LogP contribution < -0.4 is 10.1 Å². The Labute approximate surface area is 171 Å². The molecule has 0 aliphatic carbocycles. The molecule has 30 heavy (non-hydrogen) atoms. The zero-order chi connectivity index (χ0) is 21.3. The number of rotatable bonds is 5. The number of ether oxygens (including phenoxy) is 2. The van der Waals surface area contributed by atoms with Crippen LogP contribution in [0.3, 0.4) is 0 Å². The van der Waals surface area contributed by atoms with Gasteiger partial charge in [-0.2, -0.15) is 5.06 Å². The summed E-state index contributed by atoms with van der Waals surface area (Å²) in [4.78, 5) is 40.1. The van der Waals surface area contributed by atoms with Gasteiger partial charge in [-0.25, -0.2) is 4.79 Å². The van der Waals surface area contributed by atoms with Gasteiger partial charge in [-0.05, 0) is 54.1 Å². The van der Waals surface area contributed by atoms with Gasteiger partial charge >= 0.3 is 12.1 Å². The summed E-state index contributed by atoms with van der Waals surface area (Å²) in [5.74, 6) is -0.622. The van der Waals surface area contributed by atoms with Crippen molar-refractivity contribution in [2.24, 2.45) is 11.1 Å². The van der Waals surface area contributed by atoms with Gasteiger partial charge in [0.1, 0.15) is 23.6 Å². The number of nitrogens with zero attached hydrogens (tertiary/aromatic N) is 2. The van der Waals surface area contributed by atoms with Crippen molar-refractivity contribution in [3.05, 3.63) is 59.0 Å². The average molecular weight is 413 g/mol. The Balaban J connectivity index is 1.39. The van der Waals surface area contributed by atoms with Gasteiger partial charge in [0.05, 0.1) is 12.5 Å². The minimum absolute atomic E-state index is 0.213. The second-order valence-corrected chi connectivity index (χ2v) is 7.04. The van der Waals surface area contributed by atoms with Gasteiger partial charge in [0.2, 0.25) is 0 Å². The standard InChI is InChI=1S/C20H19N3O7/c1-11-16-17(19(25)28-11)23(30-18(16)24)10-12-3-2-4-14(9-12)21-20(26)29-15-7-5-13(22-27)6-8-15/h2-9,11,16-18,24H,10H2,1H3,(H,21,26)/t11-,16-,17-,18?/m0/s1. The van der Waals surface area contributed by atoms with Crippen molar-refractivity contribution >= 4 is 23.4 Å². The molecule has 2 heterocycles. The van der Waals surface area contributed by atoms with E-state index in [0.29, 0.717) is 5.69 Å². The van der Waals surface area contributed by atoms with Crippen LogP contribution in [0.1, 0.15) is 12.5 Å². The Morgan fingerprint density at radius 1 is 1.27 bits per heavy atom. The topological polar surface area (TPSA) is 127 Å². The van der Waals surface area contributed by atoms with E-state index in [0.717, 1.165) is 5.56 Å². The number of carbonyl (C=O) groups excluding carboxylic acids is 2. The monoisotopic (exact) mass is 413 g/mol. The quantitative estimate of drug-likeness (QED) is 0.566. The zero-order valence-corrected chi connectivity index (χ0v) is 15.9. The first kappa shape index (κ1) is 20.0. The van der Waals surface area contributed by atoms with Gasteiger partial charge in [-0.1, -0.05) is 12.1 Å². The maximum Gasteiger partial charge on any atom is 0.417 e. The fourth-order valence-electron chi connectivity index (χ4n) is 3.61. The molecule has 2 fully saturated rings. The predicted octanol–water partition coefficient (Wildman–Crippen LogP) is 2.69.